The summed E-state index contributed by atoms with van der Waals surface area (Å²) in [4.78, 5) is 60.9. The quantitative estimate of drug-likeness (QED) is 0.238. The largest absolute Gasteiger partial charge is 0.490 e. The Kier molecular flexibility index (Phi) is 5.80. The summed E-state index contributed by atoms with van der Waals surface area (Å²) in [5.74, 6) is -1.21. The molecule has 162 valence electrons. The van der Waals surface area contributed by atoms with E-state index in [1.807, 2.05) is 4.98 Å². The lowest BCUT2D eigenvalue weighted by atomic mass is 10.0. The molecular weight excluding hydrogens is 461 g/mol. The third-order valence-electron chi connectivity index (χ3n) is 4.08. The third kappa shape index (κ3) is 5.10. The minimum absolute atomic E-state index is 0.596. The van der Waals surface area contributed by atoms with Crippen LogP contribution in [0.5, 0.6) is 0 Å². The van der Waals surface area contributed by atoms with Crippen LogP contribution in [-0.4, -0.2) is 41.3 Å². The summed E-state index contributed by atoms with van der Waals surface area (Å²) in [6.07, 6.45) is -0.240. The molecule has 1 aromatic heterocycles. The molecule has 1 aliphatic carbocycles. The Bertz CT molecular complexity index is 1070. The van der Waals surface area contributed by atoms with E-state index in [0.717, 1.165) is 10.6 Å². The average molecular weight is 476 g/mol. The molecular formula is C11H15N2O13P3. The van der Waals surface area contributed by atoms with Crippen LogP contribution < -0.4 is 11.2 Å². The molecule has 1 saturated carbocycles. The average Bonchev–Trinajstić information content (AvgIpc) is 2.99. The normalized spacial score (nSPS) is 32.8. The zero-order valence-corrected chi connectivity index (χ0v) is 16.8. The van der Waals surface area contributed by atoms with Crippen LogP contribution in [0.15, 0.2) is 34.5 Å². The summed E-state index contributed by atoms with van der Waals surface area (Å²) in [5, 5.41) is 0. The minimum atomic E-state index is -5.63. The highest BCUT2D eigenvalue weighted by molar-refractivity contribution is 7.66. The Morgan fingerprint density at radius 3 is 2.34 bits per heavy atom. The maximum absolute atomic E-state index is 11.9. The number of phosphoric ester groups is 1. The van der Waals surface area contributed by atoms with Crippen LogP contribution in [0, 0.1) is 11.8 Å². The van der Waals surface area contributed by atoms with Gasteiger partial charge in [0.1, 0.15) is 12.3 Å². The lowest BCUT2D eigenvalue weighted by Crippen LogP contribution is -2.35. The van der Waals surface area contributed by atoms with Gasteiger partial charge in [0.2, 0.25) is 0 Å². The number of hydrogen-bond acceptors (Lipinski definition) is 9. The fourth-order valence-electron chi connectivity index (χ4n) is 3.06. The monoisotopic (exact) mass is 476 g/mol. The van der Waals surface area contributed by atoms with E-state index in [2.05, 4.69) is 15.2 Å². The molecule has 7 atom stereocenters. The molecule has 29 heavy (non-hydrogen) atoms. The van der Waals surface area contributed by atoms with Crippen LogP contribution in [0.2, 0.25) is 0 Å². The van der Waals surface area contributed by atoms with Crippen LogP contribution in [0.25, 0.3) is 0 Å². The molecule has 0 spiro atoms. The summed E-state index contributed by atoms with van der Waals surface area (Å²) in [6, 6.07) is 1.10. The first-order valence-corrected chi connectivity index (χ1v) is 12.2. The number of aromatic amines is 1. The topological polar surface area (TPSA) is 224 Å². The number of nitrogens with one attached hydrogen (secondary N) is 1. The van der Waals surface area contributed by atoms with E-state index in [-0.39, 0.29) is 0 Å². The van der Waals surface area contributed by atoms with Gasteiger partial charge in [-0.2, -0.15) is 8.62 Å². The number of aromatic nitrogens is 2. The third-order valence-corrected chi connectivity index (χ3v) is 7.92. The van der Waals surface area contributed by atoms with Crippen molar-refractivity contribution in [1.29, 1.82) is 0 Å². The molecule has 1 aliphatic heterocycles. The second kappa shape index (κ2) is 7.49. The summed E-state index contributed by atoms with van der Waals surface area (Å²) >= 11 is 0. The standard InChI is InChI=1S/C11H15N2O13P3/c1-2-5-7-8(23-10(5)13-4-3-6(14)12-11(13)15)9(7)24-28(19,20)26-29(21,22)25-27(16,17)18/h2-5,7-10H,1H2,(H,19,20)(H,21,22)(H,12,14,15)(H2,16,17,18)/t5-,7?,8-,9?,10+/m0/s1. The fourth-order valence-corrected chi connectivity index (χ4v) is 6.29. The molecule has 2 aliphatic rings. The predicted molar refractivity (Wildman–Crippen MR) is 91.1 cm³/mol. The number of phosphoric acid groups is 3. The molecule has 15 nitrogen and oxygen atoms in total. The lowest BCUT2D eigenvalue weighted by molar-refractivity contribution is -0.0271. The highest BCUT2D eigenvalue weighted by Crippen LogP contribution is 2.69. The number of H-pyrrole nitrogens is 1. The van der Waals surface area contributed by atoms with Crippen molar-refractivity contribution in [3.63, 3.8) is 0 Å². The van der Waals surface area contributed by atoms with Crippen molar-refractivity contribution in [3.8, 4) is 0 Å². The minimum Gasteiger partial charge on any atom is -0.351 e. The molecule has 0 bridgehead atoms. The van der Waals surface area contributed by atoms with Crippen LogP contribution in [0.3, 0.4) is 0 Å². The highest BCUT2D eigenvalue weighted by Gasteiger charge is 2.66. The van der Waals surface area contributed by atoms with E-state index < -0.39 is 65.0 Å². The van der Waals surface area contributed by atoms with Gasteiger partial charge in [-0.25, -0.2) is 18.5 Å². The van der Waals surface area contributed by atoms with Gasteiger partial charge < -0.3 is 24.3 Å². The van der Waals surface area contributed by atoms with Crippen molar-refractivity contribution in [2.24, 2.45) is 11.8 Å². The van der Waals surface area contributed by atoms with Crippen molar-refractivity contribution in [2.75, 3.05) is 0 Å². The van der Waals surface area contributed by atoms with Crippen LogP contribution in [-0.2, 0) is 31.6 Å². The summed E-state index contributed by atoms with van der Waals surface area (Å²) in [5.41, 5.74) is -1.37. The summed E-state index contributed by atoms with van der Waals surface area (Å²) < 4.78 is 52.6. The first-order chi connectivity index (χ1) is 13.2. The van der Waals surface area contributed by atoms with Gasteiger partial charge in [-0.15, -0.1) is 6.58 Å². The maximum atomic E-state index is 11.9. The van der Waals surface area contributed by atoms with E-state index >= 15 is 0 Å². The van der Waals surface area contributed by atoms with E-state index in [1.54, 1.807) is 0 Å². The predicted octanol–water partition coefficient (Wildman–Crippen LogP) is -0.422. The molecule has 4 unspecified atom stereocenters. The van der Waals surface area contributed by atoms with Crippen molar-refractivity contribution < 1.29 is 51.2 Å². The van der Waals surface area contributed by atoms with Gasteiger partial charge in [-0.1, -0.05) is 6.08 Å². The van der Waals surface area contributed by atoms with Gasteiger partial charge in [0, 0.05) is 24.1 Å². The number of hydrogen-bond donors (Lipinski definition) is 5. The first kappa shape index (κ1) is 22.5. The molecule has 2 fully saturated rings. The Morgan fingerprint density at radius 1 is 1.14 bits per heavy atom. The van der Waals surface area contributed by atoms with Crippen LogP contribution in [0.1, 0.15) is 6.23 Å². The molecule has 0 aromatic carbocycles. The van der Waals surface area contributed by atoms with Crippen molar-refractivity contribution in [2.45, 2.75) is 18.4 Å². The SMILES string of the molecule is C=C[C@H]1C2C(OP(=O)(O)OP(=O)(O)OP(=O)(O)O)[C@H]2O[C@H]1n1ccc(=O)[nH]c1=O. The summed E-state index contributed by atoms with van der Waals surface area (Å²) in [6.45, 7) is 3.60. The zero-order chi connectivity index (χ0) is 21.8. The van der Waals surface area contributed by atoms with E-state index in [4.69, 9.17) is 23.9 Å². The Morgan fingerprint density at radius 2 is 1.79 bits per heavy atom. The first-order valence-electron chi connectivity index (χ1n) is 7.65. The second-order valence-electron chi connectivity index (χ2n) is 6.06. The van der Waals surface area contributed by atoms with Gasteiger partial charge in [-0.3, -0.25) is 18.9 Å². The van der Waals surface area contributed by atoms with Crippen molar-refractivity contribution >= 4 is 23.5 Å². The summed E-state index contributed by atoms with van der Waals surface area (Å²) in [7, 11) is -16.4. The Hall–Kier alpha value is -1.21. The second-order valence-corrected chi connectivity index (χ2v) is 10.4. The molecule has 18 heteroatoms. The molecule has 3 rings (SSSR count). The van der Waals surface area contributed by atoms with Gasteiger partial charge in [0.15, 0.2) is 0 Å². The smallest absolute Gasteiger partial charge is 0.351 e. The molecule has 1 saturated heterocycles. The van der Waals surface area contributed by atoms with Crippen LogP contribution >= 0.6 is 23.5 Å². The van der Waals surface area contributed by atoms with Crippen LogP contribution in [0.4, 0.5) is 0 Å². The maximum Gasteiger partial charge on any atom is 0.490 e. The fraction of sp³-hybridized carbons (Fsp3) is 0.455. The van der Waals surface area contributed by atoms with Gasteiger partial charge >= 0.3 is 29.2 Å². The van der Waals surface area contributed by atoms with E-state index in [9.17, 15) is 28.2 Å². The Balaban J connectivity index is 1.69. The number of ether oxygens (including phenoxy) is 1. The molecule has 2 heterocycles. The van der Waals surface area contributed by atoms with Gasteiger partial charge in [0.25, 0.3) is 5.56 Å². The number of fused-ring (bicyclic) bond motifs is 1. The number of nitrogens with zero attached hydrogens (tertiary/aromatic N) is 1. The van der Waals surface area contributed by atoms with Gasteiger partial charge in [0.05, 0.1) is 6.10 Å². The molecule has 0 radical (unpaired) electrons. The highest BCUT2D eigenvalue weighted by atomic mass is 31.3. The molecule has 5 N–H and O–H groups in total. The molecule has 0 amide bonds. The lowest BCUT2D eigenvalue weighted by Gasteiger charge is -2.23. The van der Waals surface area contributed by atoms with Crippen molar-refractivity contribution in [3.05, 3.63) is 45.8 Å². The van der Waals surface area contributed by atoms with E-state index in [1.165, 1.54) is 12.3 Å². The number of rotatable bonds is 8. The van der Waals surface area contributed by atoms with Crippen molar-refractivity contribution in [1.82, 2.24) is 9.55 Å². The van der Waals surface area contributed by atoms with Gasteiger partial charge in [-0.05, 0) is 0 Å². The molecule has 1 aromatic rings. The van der Waals surface area contributed by atoms with E-state index in [0.29, 0.717) is 0 Å². The Labute approximate surface area is 161 Å². The zero-order valence-electron chi connectivity index (χ0n) is 14.1.